The van der Waals surface area contributed by atoms with E-state index in [-0.39, 0.29) is 5.92 Å². The van der Waals surface area contributed by atoms with Gasteiger partial charge in [0.1, 0.15) is 6.29 Å². The van der Waals surface area contributed by atoms with Gasteiger partial charge in [0.05, 0.1) is 5.92 Å². The van der Waals surface area contributed by atoms with E-state index in [4.69, 9.17) is 0 Å². The van der Waals surface area contributed by atoms with Gasteiger partial charge < -0.3 is 4.79 Å². The molecule has 0 bridgehead atoms. The number of carbonyl (C=O) groups excluding carboxylic acids is 1. The van der Waals surface area contributed by atoms with Crippen LogP contribution in [0, 0.1) is 5.92 Å². The molecule has 0 saturated heterocycles. The fourth-order valence-electron chi connectivity index (χ4n) is 1.77. The summed E-state index contributed by atoms with van der Waals surface area (Å²) >= 11 is 0. The number of carbonyl (C=O) groups is 1. The van der Waals surface area contributed by atoms with Crippen LogP contribution in [0.25, 0.3) is 0 Å². The first kappa shape index (κ1) is 6.77. The molecule has 58 valence electrons. The predicted molar refractivity (Wildman–Crippen MR) is 43.5 cm³/mol. The van der Waals surface area contributed by atoms with Gasteiger partial charge in [0, 0.05) is 11.9 Å². The summed E-state index contributed by atoms with van der Waals surface area (Å²) in [6.45, 7) is 0. The SMILES string of the molecule is O=CC1C=NC2=C(CCC2)C1. The Morgan fingerprint density at radius 3 is 3.27 bits per heavy atom. The van der Waals surface area contributed by atoms with Crippen molar-refractivity contribution in [3.05, 3.63) is 11.3 Å². The first-order chi connectivity index (χ1) is 5.40. The van der Waals surface area contributed by atoms with Gasteiger partial charge in [-0.25, -0.2) is 0 Å². The molecule has 0 saturated carbocycles. The minimum absolute atomic E-state index is 0.0619. The summed E-state index contributed by atoms with van der Waals surface area (Å²) in [5, 5.41) is 0. The van der Waals surface area contributed by atoms with E-state index in [2.05, 4.69) is 4.99 Å². The van der Waals surface area contributed by atoms with Crippen LogP contribution < -0.4 is 0 Å². The standard InChI is InChI=1S/C9H11NO/c11-6-7-4-8-2-1-3-9(8)10-5-7/h5-7H,1-4H2. The van der Waals surface area contributed by atoms with Gasteiger partial charge >= 0.3 is 0 Å². The van der Waals surface area contributed by atoms with Gasteiger partial charge in [-0.15, -0.1) is 0 Å². The van der Waals surface area contributed by atoms with E-state index in [0.717, 1.165) is 25.5 Å². The Hall–Kier alpha value is -0.920. The molecule has 1 aliphatic heterocycles. The average molecular weight is 149 g/mol. The highest BCUT2D eigenvalue weighted by Gasteiger charge is 2.20. The van der Waals surface area contributed by atoms with Gasteiger partial charge in [-0.3, -0.25) is 4.99 Å². The number of nitrogens with zero attached hydrogens (tertiary/aromatic N) is 1. The Morgan fingerprint density at radius 1 is 1.55 bits per heavy atom. The molecule has 1 aliphatic carbocycles. The molecule has 2 nitrogen and oxygen atoms in total. The van der Waals surface area contributed by atoms with Crippen LogP contribution in [0.2, 0.25) is 0 Å². The summed E-state index contributed by atoms with van der Waals surface area (Å²) in [5.74, 6) is 0.0619. The third-order valence-electron chi connectivity index (χ3n) is 2.38. The second-order valence-corrected chi connectivity index (χ2v) is 3.19. The topological polar surface area (TPSA) is 29.4 Å². The Bertz CT molecular complexity index is 240. The first-order valence-corrected chi connectivity index (χ1v) is 4.10. The lowest BCUT2D eigenvalue weighted by Crippen LogP contribution is -2.08. The lowest BCUT2D eigenvalue weighted by molar-refractivity contribution is -0.109. The van der Waals surface area contributed by atoms with Crippen LogP contribution in [0.3, 0.4) is 0 Å². The van der Waals surface area contributed by atoms with Crippen LogP contribution >= 0.6 is 0 Å². The zero-order valence-corrected chi connectivity index (χ0v) is 6.42. The van der Waals surface area contributed by atoms with Crippen molar-refractivity contribution in [3.8, 4) is 0 Å². The van der Waals surface area contributed by atoms with Gasteiger partial charge in [-0.1, -0.05) is 0 Å². The van der Waals surface area contributed by atoms with Crippen molar-refractivity contribution < 1.29 is 4.79 Å². The van der Waals surface area contributed by atoms with Gasteiger partial charge in [0.15, 0.2) is 0 Å². The summed E-state index contributed by atoms with van der Waals surface area (Å²) < 4.78 is 0. The molecule has 1 heterocycles. The zero-order chi connectivity index (χ0) is 7.68. The third kappa shape index (κ3) is 1.13. The quantitative estimate of drug-likeness (QED) is 0.522. The maximum atomic E-state index is 10.4. The van der Waals surface area contributed by atoms with Crippen LogP contribution in [0.4, 0.5) is 0 Å². The van der Waals surface area contributed by atoms with E-state index in [9.17, 15) is 4.79 Å². The van der Waals surface area contributed by atoms with Crippen LogP contribution in [-0.4, -0.2) is 12.5 Å². The highest BCUT2D eigenvalue weighted by Crippen LogP contribution is 2.33. The number of aliphatic imine (C=N–C) groups is 1. The molecular weight excluding hydrogens is 138 g/mol. The van der Waals surface area contributed by atoms with Gasteiger partial charge in [-0.05, 0) is 31.3 Å². The normalized spacial score (nSPS) is 28.9. The molecule has 0 aromatic heterocycles. The van der Waals surface area contributed by atoms with Crippen LogP contribution in [0.1, 0.15) is 25.7 Å². The van der Waals surface area contributed by atoms with Crippen LogP contribution in [0.15, 0.2) is 16.3 Å². The Balaban J connectivity index is 2.18. The molecule has 0 aromatic carbocycles. The number of aldehydes is 1. The minimum atomic E-state index is 0.0619. The Labute approximate surface area is 66.0 Å². The Kier molecular flexibility index (Phi) is 1.60. The lowest BCUT2D eigenvalue weighted by atomic mass is 9.99. The zero-order valence-electron chi connectivity index (χ0n) is 6.42. The molecule has 2 aliphatic rings. The fraction of sp³-hybridized carbons (Fsp3) is 0.556. The Morgan fingerprint density at radius 2 is 2.45 bits per heavy atom. The van der Waals surface area contributed by atoms with E-state index >= 15 is 0 Å². The molecule has 0 fully saturated rings. The van der Waals surface area contributed by atoms with E-state index in [1.54, 1.807) is 6.21 Å². The number of rotatable bonds is 1. The largest absolute Gasteiger partial charge is 0.303 e. The highest BCUT2D eigenvalue weighted by molar-refractivity contribution is 5.82. The third-order valence-corrected chi connectivity index (χ3v) is 2.38. The first-order valence-electron chi connectivity index (χ1n) is 4.10. The molecule has 2 heteroatoms. The number of hydrogen-bond acceptors (Lipinski definition) is 2. The summed E-state index contributed by atoms with van der Waals surface area (Å²) in [6.07, 6.45) is 7.23. The van der Waals surface area contributed by atoms with Crippen molar-refractivity contribution in [2.75, 3.05) is 0 Å². The molecule has 0 N–H and O–H groups in total. The smallest absolute Gasteiger partial charge is 0.128 e. The monoisotopic (exact) mass is 149 g/mol. The fourth-order valence-corrected chi connectivity index (χ4v) is 1.77. The highest BCUT2D eigenvalue weighted by atomic mass is 16.1. The van der Waals surface area contributed by atoms with Crippen LogP contribution in [0.5, 0.6) is 0 Å². The summed E-state index contributed by atoms with van der Waals surface area (Å²) in [4.78, 5) is 14.7. The molecule has 0 radical (unpaired) electrons. The van der Waals surface area contributed by atoms with Crippen molar-refractivity contribution in [3.63, 3.8) is 0 Å². The van der Waals surface area contributed by atoms with Crippen LogP contribution in [-0.2, 0) is 4.79 Å². The van der Waals surface area contributed by atoms with Crippen molar-refractivity contribution in [1.29, 1.82) is 0 Å². The van der Waals surface area contributed by atoms with Crippen molar-refractivity contribution in [2.24, 2.45) is 10.9 Å². The molecule has 2 rings (SSSR count). The summed E-state index contributed by atoms with van der Waals surface area (Å²) in [5.41, 5.74) is 2.67. The molecule has 0 aromatic rings. The van der Waals surface area contributed by atoms with Gasteiger partial charge in [-0.2, -0.15) is 0 Å². The maximum absolute atomic E-state index is 10.4. The molecule has 0 amide bonds. The van der Waals surface area contributed by atoms with E-state index in [1.807, 2.05) is 0 Å². The van der Waals surface area contributed by atoms with Crippen molar-refractivity contribution >= 4 is 12.5 Å². The predicted octanol–water partition coefficient (Wildman–Crippen LogP) is 1.71. The van der Waals surface area contributed by atoms with Gasteiger partial charge in [0.25, 0.3) is 0 Å². The second kappa shape index (κ2) is 2.61. The van der Waals surface area contributed by atoms with Crippen molar-refractivity contribution in [1.82, 2.24) is 0 Å². The maximum Gasteiger partial charge on any atom is 0.128 e. The van der Waals surface area contributed by atoms with E-state index < -0.39 is 0 Å². The number of hydrogen-bond donors (Lipinski definition) is 0. The lowest BCUT2D eigenvalue weighted by Gasteiger charge is -2.11. The number of allylic oxidation sites excluding steroid dienone is 2. The van der Waals surface area contributed by atoms with E-state index in [1.165, 1.54) is 17.7 Å². The van der Waals surface area contributed by atoms with Gasteiger partial charge in [0.2, 0.25) is 0 Å². The minimum Gasteiger partial charge on any atom is -0.303 e. The summed E-state index contributed by atoms with van der Waals surface area (Å²) in [7, 11) is 0. The molecule has 1 unspecified atom stereocenters. The van der Waals surface area contributed by atoms with Crippen molar-refractivity contribution in [2.45, 2.75) is 25.7 Å². The molecule has 11 heavy (non-hydrogen) atoms. The molecular formula is C9H11NO. The summed E-state index contributed by atoms with van der Waals surface area (Å²) in [6, 6.07) is 0. The second-order valence-electron chi connectivity index (χ2n) is 3.19. The van der Waals surface area contributed by atoms with E-state index in [0.29, 0.717) is 0 Å². The average Bonchev–Trinajstić information content (AvgIpc) is 2.50. The molecule has 1 atom stereocenters. The molecule has 0 spiro atoms.